The summed E-state index contributed by atoms with van der Waals surface area (Å²) in [5, 5.41) is 17.3. The number of nitrogens with zero attached hydrogens (tertiary/aromatic N) is 3. The molecule has 3 aliphatic heterocycles. The minimum Gasteiger partial charge on any atom is -1.00 e. The zero-order valence-corrected chi connectivity index (χ0v) is 22.6. The van der Waals surface area contributed by atoms with E-state index in [2.05, 4.69) is 15.5 Å². The number of nitrogens with one attached hydrogen (secondary N) is 1. The van der Waals surface area contributed by atoms with Gasteiger partial charge >= 0.3 is 23.3 Å². The summed E-state index contributed by atoms with van der Waals surface area (Å²) < 4.78 is 5.63. The maximum atomic E-state index is 12.8. The monoisotopic (exact) mass is 585 g/mol. The molecule has 11 nitrogen and oxygen atoms in total. The Morgan fingerprint density at radius 3 is 2.62 bits per heavy atom. The number of amides is 2. The van der Waals surface area contributed by atoms with Crippen LogP contribution >= 0.6 is 23.1 Å². The predicted molar refractivity (Wildman–Crippen MR) is 114 cm³/mol. The van der Waals surface area contributed by atoms with Crippen molar-refractivity contribution in [1.82, 2.24) is 15.2 Å². The van der Waals surface area contributed by atoms with Gasteiger partial charge < -0.3 is 63.0 Å². The number of carboxylic acid groups (broad SMARTS) is 1. The second-order valence-corrected chi connectivity index (χ2v) is 8.73. The fraction of sp³-hybridized carbons (Fsp3) is 0.471. The number of oxime groups is 1. The standard InChI is InChI=1S/C17H19N5O6S2.Al.3ClH/c1-27-21-10(8-6-30-17(18)19-8)13(23)20-11-14(24)22-12(16(25)26)7(5-29-15(11)22)9-3-2-4-28-9;;;;/h6,9,11,15H,2-5H2,1H3,(H2,18,19)(H,20,23)(H,25,26);;3*1H/q;+3;;;/p-3/b21-10-;;;;/t9-,11+,15+;;;;/m0..../s1. The van der Waals surface area contributed by atoms with E-state index < -0.39 is 29.2 Å². The second kappa shape index (κ2) is 13.7. The summed E-state index contributed by atoms with van der Waals surface area (Å²) in [4.78, 5) is 47.4. The van der Waals surface area contributed by atoms with Crippen LogP contribution in [0.2, 0.25) is 0 Å². The van der Waals surface area contributed by atoms with E-state index in [0.29, 0.717) is 17.9 Å². The molecular weight excluding hydrogens is 568 g/mol. The molecule has 184 valence electrons. The number of thiazole rings is 1. The van der Waals surface area contributed by atoms with Gasteiger partial charge in [-0.1, -0.05) is 5.16 Å². The first kappa shape index (κ1) is 32.8. The Hall–Kier alpha value is -1.24. The van der Waals surface area contributed by atoms with Gasteiger partial charge in [0.05, 0.1) is 6.10 Å². The van der Waals surface area contributed by atoms with Gasteiger partial charge in [0.2, 0.25) is 0 Å². The van der Waals surface area contributed by atoms with Crippen LogP contribution in [0.1, 0.15) is 18.5 Å². The van der Waals surface area contributed by atoms with Gasteiger partial charge in [-0.15, -0.1) is 23.1 Å². The quantitative estimate of drug-likeness (QED) is 0.127. The van der Waals surface area contributed by atoms with Crippen molar-refractivity contribution in [2.75, 3.05) is 25.2 Å². The number of β-lactam (4-membered cyclic amide) rings is 1. The van der Waals surface area contributed by atoms with Crippen LogP contribution in [0.25, 0.3) is 0 Å². The minimum atomic E-state index is -1.18. The van der Waals surface area contributed by atoms with Crippen molar-refractivity contribution in [2.24, 2.45) is 5.16 Å². The van der Waals surface area contributed by atoms with Crippen molar-refractivity contribution in [3.8, 4) is 0 Å². The zero-order chi connectivity index (χ0) is 21.4. The first-order valence-electron chi connectivity index (χ1n) is 9.08. The molecule has 2 amide bonds. The van der Waals surface area contributed by atoms with Crippen LogP contribution in [0.5, 0.6) is 0 Å². The zero-order valence-electron chi connectivity index (χ0n) is 17.6. The van der Waals surface area contributed by atoms with E-state index in [-0.39, 0.29) is 82.9 Å². The number of carbonyl (C=O) groups excluding carboxylic acids is 2. The molecule has 17 heteroatoms. The average Bonchev–Trinajstić information content (AvgIpc) is 3.40. The van der Waals surface area contributed by atoms with Crippen molar-refractivity contribution >= 4 is 69.1 Å². The van der Waals surface area contributed by atoms with Crippen LogP contribution in [0.15, 0.2) is 21.8 Å². The number of hydrogen-bond donors (Lipinski definition) is 3. The molecule has 4 rings (SSSR count). The number of ether oxygens (including phenoxy) is 1. The van der Waals surface area contributed by atoms with Crippen LogP contribution in [-0.4, -0.2) is 92.8 Å². The number of rotatable bonds is 6. The van der Waals surface area contributed by atoms with Crippen molar-refractivity contribution in [3.63, 3.8) is 0 Å². The van der Waals surface area contributed by atoms with Crippen LogP contribution < -0.4 is 48.3 Å². The first-order valence-corrected chi connectivity index (χ1v) is 11.0. The fourth-order valence-electron chi connectivity index (χ4n) is 3.64. The van der Waals surface area contributed by atoms with Gasteiger partial charge in [-0.3, -0.25) is 14.5 Å². The largest absolute Gasteiger partial charge is 3.00 e. The molecule has 0 aliphatic carbocycles. The smallest absolute Gasteiger partial charge is 1.00 e. The molecule has 34 heavy (non-hydrogen) atoms. The molecule has 2 saturated heterocycles. The van der Waals surface area contributed by atoms with Crippen molar-refractivity contribution in [2.45, 2.75) is 30.4 Å². The van der Waals surface area contributed by atoms with Gasteiger partial charge in [0.15, 0.2) is 10.8 Å². The molecule has 4 heterocycles. The summed E-state index contributed by atoms with van der Waals surface area (Å²) in [6.07, 6.45) is 1.29. The number of thioether (sulfide) groups is 1. The normalized spacial score (nSPS) is 23.2. The number of hydrogen-bond acceptors (Lipinski definition) is 10. The number of carboxylic acids is 1. The number of fused-ring (bicyclic) bond motifs is 1. The first-order chi connectivity index (χ1) is 14.4. The molecule has 0 saturated carbocycles. The third kappa shape index (κ3) is 6.11. The number of aromatic nitrogens is 1. The molecule has 3 atom stereocenters. The molecule has 1 aromatic rings. The third-order valence-corrected chi connectivity index (χ3v) is 6.94. The fourth-order valence-corrected chi connectivity index (χ4v) is 5.60. The summed E-state index contributed by atoms with van der Waals surface area (Å²) in [7, 11) is 1.28. The maximum Gasteiger partial charge on any atom is 3.00 e. The Labute approximate surface area is 232 Å². The summed E-state index contributed by atoms with van der Waals surface area (Å²) >= 11 is 2.53. The maximum absolute atomic E-state index is 12.8. The van der Waals surface area contributed by atoms with Gasteiger partial charge in [0.25, 0.3) is 11.8 Å². The molecular formula is C17H19AlCl3N5O6S2. The summed E-state index contributed by atoms with van der Waals surface area (Å²) in [6.45, 7) is 0.574. The average molecular weight is 587 g/mol. The van der Waals surface area contributed by atoms with E-state index in [9.17, 15) is 19.5 Å². The van der Waals surface area contributed by atoms with E-state index in [1.54, 1.807) is 5.38 Å². The Balaban J connectivity index is 0.00000272. The number of nitrogens with two attached hydrogens (primary N) is 1. The Bertz CT molecular complexity index is 975. The summed E-state index contributed by atoms with van der Waals surface area (Å²) in [5.74, 6) is -1.92. The topological polar surface area (TPSA) is 156 Å². The molecule has 0 aromatic carbocycles. The van der Waals surface area contributed by atoms with Gasteiger partial charge in [-0.2, -0.15) is 0 Å². The molecule has 4 N–H and O–H groups in total. The van der Waals surface area contributed by atoms with Gasteiger partial charge in [0.1, 0.15) is 29.9 Å². The van der Waals surface area contributed by atoms with E-state index in [4.69, 9.17) is 15.3 Å². The Morgan fingerprint density at radius 1 is 1.38 bits per heavy atom. The Kier molecular flexibility index (Phi) is 13.2. The number of halogens is 3. The summed E-state index contributed by atoms with van der Waals surface area (Å²) in [6, 6.07) is -0.888. The van der Waals surface area contributed by atoms with Crippen molar-refractivity contribution in [1.29, 1.82) is 0 Å². The number of anilines is 1. The second-order valence-electron chi connectivity index (χ2n) is 6.74. The molecule has 0 spiro atoms. The Morgan fingerprint density at radius 2 is 2.09 bits per heavy atom. The van der Waals surface area contributed by atoms with Crippen molar-refractivity contribution in [3.05, 3.63) is 22.3 Å². The van der Waals surface area contributed by atoms with E-state index in [0.717, 1.165) is 24.2 Å². The number of nitrogen functional groups attached to an aromatic ring is 1. The van der Waals surface area contributed by atoms with Gasteiger partial charge in [-0.25, -0.2) is 9.78 Å². The molecule has 3 aliphatic rings. The van der Waals surface area contributed by atoms with Crippen molar-refractivity contribution < 1.29 is 66.3 Å². The number of carbonyl (C=O) groups is 3. The van der Waals surface area contributed by atoms with Crippen LogP contribution in [-0.2, 0) is 24.0 Å². The van der Waals surface area contributed by atoms with Gasteiger partial charge in [-0.05, 0) is 18.4 Å². The molecule has 0 radical (unpaired) electrons. The molecule has 0 unspecified atom stereocenters. The van der Waals surface area contributed by atoms with E-state index >= 15 is 0 Å². The van der Waals surface area contributed by atoms with Crippen LogP contribution in [0.3, 0.4) is 0 Å². The van der Waals surface area contributed by atoms with Crippen LogP contribution in [0, 0.1) is 0 Å². The molecule has 2 fully saturated rings. The minimum absolute atomic E-state index is 0. The third-order valence-electron chi connectivity index (χ3n) is 4.97. The van der Waals surface area contributed by atoms with Gasteiger partial charge in [0, 0.05) is 17.7 Å². The van der Waals surface area contributed by atoms with E-state index in [1.165, 1.54) is 23.8 Å². The van der Waals surface area contributed by atoms with Crippen LogP contribution in [0.4, 0.5) is 5.13 Å². The molecule has 0 bridgehead atoms. The predicted octanol–water partition coefficient (Wildman–Crippen LogP) is -9.38. The van der Waals surface area contributed by atoms with E-state index in [1.807, 2.05) is 0 Å². The SMILES string of the molecule is CO/N=C(\C(=O)N[C@@H]1C(=O)N2C(C(=O)O)=C([C@@H]3CCCO3)CS[C@H]12)c1csc(N)n1.[Al+3].[Cl-].[Cl-].[Cl-]. The number of aliphatic carboxylic acids is 1. The summed E-state index contributed by atoms with van der Waals surface area (Å²) in [5.41, 5.74) is 6.29. The molecule has 1 aromatic heterocycles.